The molecule has 0 fully saturated rings. The Balaban J connectivity index is 2.13. The molecule has 0 spiro atoms. The molecule has 0 radical (unpaired) electrons. The quantitative estimate of drug-likeness (QED) is 0.791. The van der Waals surface area contributed by atoms with Crippen molar-refractivity contribution in [1.82, 2.24) is 9.55 Å². The lowest BCUT2D eigenvalue weighted by Crippen LogP contribution is -2.25. The first kappa shape index (κ1) is 13.3. The number of fused-ring (bicyclic) bond motifs is 3. The predicted molar refractivity (Wildman–Crippen MR) is 77.1 cm³/mol. The van der Waals surface area contributed by atoms with Crippen LogP contribution in [0.15, 0.2) is 11.1 Å². The van der Waals surface area contributed by atoms with Gasteiger partial charge >= 0.3 is 5.97 Å². The van der Waals surface area contributed by atoms with Crippen LogP contribution in [0.1, 0.15) is 23.8 Å². The van der Waals surface area contributed by atoms with E-state index in [1.807, 2.05) is 0 Å². The van der Waals surface area contributed by atoms with Gasteiger partial charge in [-0.25, -0.2) is 4.98 Å². The molecule has 0 saturated heterocycles. The number of nitrogens with zero attached hydrogens (tertiary/aromatic N) is 2. The standard InChI is InChI=1S/C14H16N2O3S/c1-8-3-4-9-10(5-8)20-13-12(9)14(18)16(7-15-13)6-11(17)19-2/h7-8H,3-6H2,1-2H3/t8-/m0/s1. The van der Waals surface area contributed by atoms with Gasteiger partial charge in [-0.1, -0.05) is 6.92 Å². The van der Waals surface area contributed by atoms with Crippen molar-refractivity contribution in [2.45, 2.75) is 32.7 Å². The van der Waals surface area contributed by atoms with Crippen molar-refractivity contribution in [2.24, 2.45) is 5.92 Å². The lowest BCUT2D eigenvalue weighted by molar-refractivity contribution is -0.141. The fourth-order valence-corrected chi connectivity index (χ4v) is 4.02. The molecule has 1 atom stereocenters. The molecule has 2 heterocycles. The van der Waals surface area contributed by atoms with Gasteiger partial charge in [0.1, 0.15) is 11.4 Å². The molecular formula is C14H16N2O3S. The molecule has 106 valence electrons. The van der Waals surface area contributed by atoms with Crippen LogP contribution in [0.3, 0.4) is 0 Å². The zero-order valence-electron chi connectivity index (χ0n) is 11.5. The van der Waals surface area contributed by atoms with Crippen molar-refractivity contribution in [3.05, 3.63) is 27.1 Å². The molecular weight excluding hydrogens is 276 g/mol. The molecule has 1 aliphatic rings. The van der Waals surface area contributed by atoms with E-state index in [1.165, 1.54) is 22.9 Å². The number of ether oxygens (including phenoxy) is 1. The normalized spacial score (nSPS) is 18.0. The van der Waals surface area contributed by atoms with E-state index in [0.717, 1.165) is 29.7 Å². The fourth-order valence-electron chi connectivity index (χ4n) is 2.68. The summed E-state index contributed by atoms with van der Waals surface area (Å²) in [7, 11) is 1.31. The number of aromatic nitrogens is 2. The highest BCUT2D eigenvalue weighted by Crippen LogP contribution is 2.35. The molecule has 2 aromatic heterocycles. The molecule has 5 nitrogen and oxygen atoms in total. The molecule has 0 N–H and O–H groups in total. The summed E-state index contributed by atoms with van der Waals surface area (Å²) in [5, 5.41) is 0.698. The maximum atomic E-state index is 12.5. The van der Waals surface area contributed by atoms with Crippen LogP contribution in [0.2, 0.25) is 0 Å². The average Bonchev–Trinajstić information content (AvgIpc) is 2.79. The third-order valence-corrected chi connectivity index (χ3v) is 4.97. The Kier molecular flexibility index (Phi) is 3.33. The summed E-state index contributed by atoms with van der Waals surface area (Å²) < 4.78 is 5.94. The van der Waals surface area contributed by atoms with Crippen molar-refractivity contribution >= 4 is 27.5 Å². The van der Waals surface area contributed by atoms with Crippen molar-refractivity contribution < 1.29 is 9.53 Å². The number of carbonyl (C=O) groups is 1. The van der Waals surface area contributed by atoms with E-state index in [-0.39, 0.29) is 12.1 Å². The van der Waals surface area contributed by atoms with Gasteiger partial charge in [-0.05, 0) is 30.7 Å². The van der Waals surface area contributed by atoms with Crippen LogP contribution in [-0.4, -0.2) is 22.6 Å². The minimum absolute atomic E-state index is 0.0840. The molecule has 6 heteroatoms. The van der Waals surface area contributed by atoms with Crippen LogP contribution < -0.4 is 5.56 Å². The Hall–Kier alpha value is -1.69. The van der Waals surface area contributed by atoms with Crippen LogP contribution >= 0.6 is 11.3 Å². The second kappa shape index (κ2) is 5.01. The first-order valence-electron chi connectivity index (χ1n) is 6.66. The Morgan fingerprint density at radius 3 is 3.15 bits per heavy atom. The second-order valence-electron chi connectivity index (χ2n) is 5.29. The van der Waals surface area contributed by atoms with E-state index in [1.54, 1.807) is 11.3 Å². The molecule has 1 aliphatic carbocycles. The Morgan fingerprint density at radius 1 is 1.60 bits per heavy atom. The highest BCUT2D eigenvalue weighted by Gasteiger charge is 2.23. The lowest BCUT2D eigenvalue weighted by Gasteiger charge is -2.17. The number of aryl methyl sites for hydroxylation is 1. The molecule has 0 saturated carbocycles. The average molecular weight is 292 g/mol. The van der Waals surface area contributed by atoms with Gasteiger partial charge in [0.25, 0.3) is 5.56 Å². The van der Waals surface area contributed by atoms with Gasteiger partial charge < -0.3 is 4.74 Å². The number of hydrogen-bond acceptors (Lipinski definition) is 5. The van der Waals surface area contributed by atoms with Crippen LogP contribution in [-0.2, 0) is 28.9 Å². The third-order valence-electron chi connectivity index (χ3n) is 3.81. The van der Waals surface area contributed by atoms with Gasteiger partial charge in [-0.3, -0.25) is 14.2 Å². The summed E-state index contributed by atoms with van der Waals surface area (Å²) in [5.41, 5.74) is 1.01. The van der Waals surface area contributed by atoms with Crippen molar-refractivity contribution in [3.63, 3.8) is 0 Å². The zero-order chi connectivity index (χ0) is 14.3. The summed E-state index contributed by atoms with van der Waals surface area (Å²) in [6, 6.07) is 0. The molecule has 2 aromatic rings. The van der Waals surface area contributed by atoms with E-state index in [9.17, 15) is 9.59 Å². The van der Waals surface area contributed by atoms with E-state index in [0.29, 0.717) is 11.3 Å². The van der Waals surface area contributed by atoms with Gasteiger partial charge in [0, 0.05) is 4.88 Å². The molecule has 0 bridgehead atoms. The molecule has 0 amide bonds. The van der Waals surface area contributed by atoms with E-state index in [4.69, 9.17) is 0 Å². The molecule has 20 heavy (non-hydrogen) atoms. The first-order valence-corrected chi connectivity index (χ1v) is 7.48. The predicted octanol–water partition coefficient (Wildman–Crippen LogP) is 1.76. The minimum Gasteiger partial charge on any atom is -0.468 e. The Morgan fingerprint density at radius 2 is 2.40 bits per heavy atom. The van der Waals surface area contributed by atoms with Gasteiger partial charge in [-0.15, -0.1) is 11.3 Å². The fraction of sp³-hybridized carbons (Fsp3) is 0.500. The van der Waals surface area contributed by atoms with Gasteiger partial charge in [0.15, 0.2) is 0 Å². The zero-order valence-corrected chi connectivity index (χ0v) is 12.3. The summed E-state index contributed by atoms with van der Waals surface area (Å²) >= 11 is 1.61. The molecule has 3 rings (SSSR count). The Labute approximate surface area is 120 Å². The number of hydrogen-bond donors (Lipinski definition) is 0. The van der Waals surface area contributed by atoms with E-state index >= 15 is 0 Å². The van der Waals surface area contributed by atoms with Crippen LogP contribution in [0, 0.1) is 5.92 Å². The van der Waals surface area contributed by atoms with Gasteiger partial charge in [0.2, 0.25) is 0 Å². The van der Waals surface area contributed by atoms with E-state index in [2.05, 4.69) is 16.6 Å². The topological polar surface area (TPSA) is 61.2 Å². The summed E-state index contributed by atoms with van der Waals surface area (Å²) in [4.78, 5) is 30.2. The Bertz CT molecular complexity index is 732. The monoisotopic (exact) mass is 292 g/mol. The summed E-state index contributed by atoms with van der Waals surface area (Å²) in [5.74, 6) is 0.221. The highest BCUT2D eigenvalue weighted by molar-refractivity contribution is 7.18. The number of esters is 1. The molecule has 0 unspecified atom stereocenters. The maximum Gasteiger partial charge on any atom is 0.325 e. The van der Waals surface area contributed by atoms with Crippen LogP contribution in [0.25, 0.3) is 10.2 Å². The van der Waals surface area contributed by atoms with E-state index < -0.39 is 5.97 Å². The van der Waals surface area contributed by atoms with Crippen LogP contribution in [0.5, 0.6) is 0 Å². The third kappa shape index (κ3) is 2.14. The van der Waals surface area contributed by atoms with Gasteiger partial charge in [0.05, 0.1) is 18.8 Å². The van der Waals surface area contributed by atoms with Crippen LogP contribution in [0.4, 0.5) is 0 Å². The molecule has 0 aromatic carbocycles. The lowest BCUT2D eigenvalue weighted by atomic mass is 9.89. The summed E-state index contributed by atoms with van der Waals surface area (Å²) in [6.07, 6.45) is 4.49. The van der Waals surface area contributed by atoms with Crippen molar-refractivity contribution in [2.75, 3.05) is 7.11 Å². The highest BCUT2D eigenvalue weighted by atomic mass is 32.1. The largest absolute Gasteiger partial charge is 0.468 e. The smallest absolute Gasteiger partial charge is 0.325 e. The second-order valence-corrected chi connectivity index (χ2v) is 6.37. The number of methoxy groups -OCH3 is 1. The number of carbonyl (C=O) groups excluding carboxylic acids is 1. The number of rotatable bonds is 2. The summed E-state index contributed by atoms with van der Waals surface area (Å²) in [6.45, 7) is 2.15. The first-order chi connectivity index (χ1) is 9.60. The van der Waals surface area contributed by atoms with Gasteiger partial charge in [-0.2, -0.15) is 0 Å². The van der Waals surface area contributed by atoms with Crippen molar-refractivity contribution in [3.8, 4) is 0 Å². The number of thiophene rings is 1. The van der Waals surface area contributed by atoms with Crippen molar-refractivity contribution in [1.29, 1.82) is 0 Å². The minimum atomic E-state index is -0.439. The SMILES string of the molecule is COC(=O)Cn1cnc2sc3c(c2c1=O)CC[C@H](C)C3. The molecule has 0 aliphatic heterocycles. The maximum absolute atomic E-state index is 12.5.